The summed E-state index contributed by atoms with van der Waals surface area (Å²) in [5.74, 6) is 0.204. The molecule has 1 aromatic rings. The van der Waals surface area contributed by atoms with Crippen molar-refractivity contribution in [3.63, 3.8) is 0 Å². The van der Waals surface area contributed by atoms with Gasteiger partial charge in [-0.3, -0.25) is 4.79 Å². The molecule has 1 aromatic carbocycles. The number of rotatable bonds is 3. The first-order valence-corrected chi connectivity index (χ1v) is 6.42. The van der Waals surface area contributed by atoms with Crippen molar-refractivity contribution in [3.05, 3.63) is 23.8 Å². The van der Waals surface area contributed by atoms with Gasteiger partial charge >= 0.3 is 0 Å². The minimum Gasteiger partial charge on any atom is -0.399 e. The van der Waals surface area contributed by atoms with Crippen molar-refractivity contribution in [2.75, 3.05) is 37.3 Å². The van der Waals surface area contributed by atoms with Crippen LogP contribution in [-0.2, 0) is 4.79 Å². The molecule has 1 heterocycles. The molecule has 0 atom stereocenters. The van der Waals surface area contributed by atoms with Crippen LogP contribution < -0.4 is 10.6 Å². The van der Waals surface area contributed by atoms with Gasteiger partial charge in [-0.2, -0.15) is 0 Å². The Morgan fingerprint density at radius 2 is 2.00 bits per heavy atom. The van der Waals surface area contributed by atoms with Crippen LogP contribution in [0.4, 0.5) is 11.4 Å². The van der Waals surface area contributed by atoms with E-state index in [1.807, 2.05) is 42.0 Å². The molecule has 0 saturated carbocycles. The van der Waals surface area contributed by atoms with Crippen LogP contribution in [0.25, 0.3) is 0 Å². The number of likely N-dealkylation sites (tertiary alicyclic amines) is 1. The van der Waals surface area contributed by atoms with Crippen LogP contribution in [0.3, 0.4) is 0 Å². The third-order valence-electron chi connectivity index (χ3n) is 3.36. The number of carbonyl (C=O) groups excluding carboxylic acids is 1. The fourth-order valence-corrected chi connectivity index (χ4v) is 2.37. The monoisotopic (exact) mass is 247 g/mol. The number of nitrogen functional groups attached to an aromatic ring is 1. The zero-order valence-electron chi connectivity index (χ0n) is 11.1. The summed E-state index contributed by atoms with van der Waals surface area (Å²) in [6.45, 7) is 4.24. The van der Waals surface area contributed by atoms with E-state index in [1.54, 1.807) is 0 Å². The number of hydrogen-bond acceptors (Lipinski definition) is 3. The summed E-state index contributed by atoms with van der Waals surface area (Å²) in [6.07, 6.45) is 2.26. The normalized spacial score (nSPS) is 14.9. The van der Waals surface area contributed by atoms with E-state index >= 15 is 0 Å². The van der Waals surface area contributed by atoms with Crippen LogP contribution in [0.2, 0.25) is 0 Å². The van der Waals surface area contributed by atoms with Crippen molar-refractivity contribution in [1.29, 1.82) is 0 Å². The standard InChI is InChI=1S/C14H21N3O/c1-11-7-12(15)9-13(8-11)16(2)10-14(18)17-5-3-4-6-17/h7-9H,3-6,10,15H2,1-2H3. The predicted octanol–water partition coefficient (Wildman–Crippen LogP) is 1.64. The molecule has 0 aromatic heterocycles. The third kappa shape index (κ3) is 2.94. The molecule has 1 fully saturated rings. The third-order valence-corrected chi connectivity index (χ3v) is 3.36. The molecular formula is C14H21N3O. The molecule has 2 rings (SSSR count). The lowest BCUT2D eigenvalue weighted by molar-refractivity contribution is -0.128. The second-order valence-corrected chi connectivity index (χ2v) is 5.05. The van der Waals surface area contributed by atoms with Crippen LogP contribution in [0.5, 0.6) is 0 Å². The summed E-state index contributed by atoms with van der Waals surface area (Å²) in [4.78, 5) is 16.0. The lowest BCUT2D eigenvalue weighted by Gasteiger charge is -2.23. The smallest absolute Gasteiger partial charge is 0.242 e. The van der Waals surface area contributed by atoms with E-state index in [1.165, 1.54) is 0 Å². The highest BCUT2D eigenvalue weighted by Crippen LogP contribution is 2.19. The molecule has 0 spiro atoms. The Labute approximate surface area is 108 Å². The Kier molecular flexibility index (Phi) is 3.75. The van der Waals surface area contributed by atoms with Gasteiger partial charge in [0, 0.05) is 31.5 Å². The largest absolute Gasteiger partial charge is 0.399 e. The fraction of sp³-hybridized carbons (Fsp3) is 0.500. The van der Waals surface area contributed by atoms with E-state index in [-0.39, 0.29) is 5.91 Å². The maximum Gasteiger partial charge on any atom is 0.242 e. The number of amides is 1. The molecule has 0 bridgehead atoms. The van der Waals surface area contributed by atoms with Crippen molar-refractivity contribution in [2.24, 2.45) is 0 Å². The second kappa shape index (κ2) is 5.29. The quantitative estimate of drug-likeness (QED) is 0.826. The molecule has 0 unspecified atom stereocenters. The van der Waals surface area contributed by atoms with Crippen molar-refractivity contribution in [3.8, 4) is 0 Å². The van der Waals surface area contributed by atoms with Gasteiger partial charge in [0.15, 0.2) is 0 Å². The lowest BCUT2D eigenvalue weighted by atomic mass is 10.2. The molecule has 4 nitrogen and oxygen atoms in total. The van der Waals surface area contributed by atoms with E-state index < -0.39 is 0 Å². The Bertz CT molecular complexity index is 418. The number of aryl methyl sites for hydroxylation is 1. The van der Waals surface area contributed by atoms with Gasteiger partial charge in [0.25, 0.3) is 0 Å². The molecule has 1 amide bonds. The average molecular weight is 247 g/mol. The Balaban J connectivity index is 2.02. The number of hydrogen-bond donors (Lipinski definition) is 1. The Hall–Kier alpha value is -1.71. The first-order valence-electron chi connectivity index (χ1n) is 6.42. The van der Waals surface area contributed by atoms with Gasteiger partial charge in [-0.1, -0.05) is 0 Å². The van der Waals surface area contributed by atoms with E-state index in [2.05, 4.69) is 0 Å². The summed E-state index contributed by atoms with van der Waals surface area (Å²) in [5, 5.41) is 0. The molecular weight excluding hydrogens is 226 g/mol. The van der Waals surface area contributed by atoms with Crippen LogP contribution in [0.15, 0.2) is 18.2 Å². The molecule has 1 aliphatic heterocycles. The predicted molar refractivity (Wildman–Crippen MR) is 74.7 cm³/mol. The van der Waals surface area contributed by atoms with Crippen LogP contribution >= 0.6 is 0 Å². The Morgan fingerprint density at radius 3 is 2.61 bits per heavy atom. The van der Waals surface area contributed by atoms with Crippen molar-refractivity contribution in [1.82, 2.24) is 4.90 Å². The van der Waals surface area contributed by atoms with E-state index in [0.717, 1.165) is 42.9 Å². The van der Waals surface area contributed by atoms with Gasteiger partial charge in [-0.05, 0) is 43.5 Å². The van der Waals surface area contributed by atoms with Crippen molar-refractivity contribution >= 4 is 17.3 Å². The van der Waals surface area contributed by atoms with Crippen LogP contribution in [-0.4, -0.2) is 37.5 Å². The molecule has 98 valence electrons. The Morgan fingerprint density at radius 1 is 1.33 bits per heavy atom. The fourth-order valence-electron chi connectivity index (χ4n) is 2.37. The van der Waals surface area contributed by atoms with Gasteiger partial charge in [0.05, 0.1) is 6.54 Å². The first kappa shape index (κ1) is 12.7. The van der Waals surface area contributed by atoms with E-state index in [9.17, 15) is 4.79 Å². The van der Waals surface area contributed by atoms with E-state index in [0.29, 0.717) is 6.54 Å². The maximum atomic E-state index is 12.1. The van der Waals surface area contributed by atoms with Gasteiger partial charge in [-0.15, -0.1) is 0 Å². The molecule has 0 radical (unpaired) electrons. The maximum absolute atomic E-state index is 12.1. The van der Waals surface area contributed by atoms with Crippen molar-refractivity contribution < 1.29 is 4.79 Å². The van der Waals surface area contributed by atoms with Crippen LogP contribution in [0, 0.1) is 6.92 Å². The van der Waals surface area contributed by atoms with E-state index in [4.69, 9.17) is 5.73 Å². The minimum absolute atomic E-state index is 0.204. The van der Waals surface area contributed by atoms with Gasteiger partial charge in [0.2, 0.25) is 5.91 Å². The summed E-state index contributed by atoms with van der Waals surface area (Å²) in [7, 11) is 1.93. The number of likely N-dealkylation sites (N-methyl/N-ethyl adjacent to an activating group) is 1. The highest BCUT2D eigenvalue weighted by molar-refractivity contribution is 5.81. The highest BCUT2D eigenvalue weighted by Gasteiger charge is 2.19. The summed E-state index contributed by atoms with van der Waals surface area (Å²) in [5.41, 5.74) is 8.69. The number of benzene rings is 1. The highest BCUT2D eigenvalue weighted by atomic mass is 16.2. The topological polar surface area (TPSA) is 49.6 Å². The summed E-state index contributed by atoms with van der Waals surface area (Å²) < 4.78 is 0. The summed E-state index contributed by atoms with van der Waals surface area (Å²) in [6, 6.07) is 5.89. The first-order chi connectivity index (χ1) is 8.56. The molecule has 1 saturated heterocycles. The molecule has 1 aliphatic rings. The second-order valence-electron chi connectivity index (χ2n) is 5.05. The number of anilines is 2. The van der Waals surface area contributed by atoms with Crippen LogP contribution in [0.1, 0.15) is 18.4 Å². The van der Waals surface area contributed by atoms with Gasteiger partial charge < -0.3 is 15.5 Å². The van der Waals surface area contributed by atoms with Gasteiger partial charge in [-0.25, -0.2) is 0 Å². The number of carbonyl (C=O) groups is 1. The molecule has 0 aliphatic carbocycles. The van der Waals surface area contributed by atoms with Crippen molar-refractivity contribution in [2.45, 2.75) is 19.8 Å². The summed E-state index contributed by atoms with van der Waals surface area (Å²) >= 11 is 0. The zero-order valence-corrected chi connectivity index (χ0v) is 11.1. The zero-order chi connectivity index (χ0) is 13.1. The molecule has 2 N–H and O–H groups in total. The molecule has 18 heavy (non-hydrogen) atoms. The average Bonchev–Trinajstić information content (AvgIpc) is 2.80. The molecule has 4 heteroatoms. The number of nitrogens with zero attached hydrogens (tertiary/aromatic N) is 2. The number of nitrogens with two attached hydrogens (primary N) is 1. The SMILES string of the molecule is Cc1cc(N)cc(N(C)CC(=O)N2CCCC2)c1. The van der Waals surface area contributed by atoms with Gasteiger partial charge in [0.1, 0.15) is 0 Å². The minimum atomic E-state index is 0.204. The lowest BCUT2D eigenvalue weighted by Crippen LogP contribution is -2.37.